The van der Waals surface area contributed by atoms with Gasteiger partial charge < -0.3 is 4.74 Å². The molecule has 1 aliphatic heterocycles. The maximum Gasteiger partial charge on any atom is 0.105 e. The third-order valence-corrected chi connectivity index (χ3v) is 4.82. The first-order valence-corrected chi connectivity index (χ1v) is 8.39. The summed E-state index contributed by atoms with van der Waals surface area (Å²) in [5.41, 5.74) is 3.63. The minimum Gasteiger partial charge on any atom is -0.383 e. The lowest BCUT2D eigenvalue weighted by atomic mass is 10.0. The summed E-state index contributed by atoms with van der Waals surface area (Å²) in [7, 11) is 1.76. The van der Waals surface area contributed by atoms with Crippen molar-refractivity contribution in [3.63, 3.8) is 0 Å². The van der Waals surface area contributed by atoms with Crippen LogP contribution in [0.1, 0.15) is 35.8 Å². The van der Waals surface area contributed by atoms with Gasteiger partial charge in [0.15, 0.2) is 0 Å². The minimum absolute atomic E-state index is 0.178. The van der Waals surface area contributed by atoms with E-state index in [9.17, 15) is 0 Å². The molecule has 0 bridgehead atoms. The molecule has 23 heavy (non-hydrogen) atoms. The van der Waals surface area contributed by atoms with Crippen LogP contribution in [0.4, 0.5) is 0 Å². The van der Waals surface area contributed by atoms with Gasteiger partial charge in [0.1, 0.15) is 5.69 Å². The summed E-state index contributed by atoms with van der Waals surface area (Å²) in [5.74, 6) is 0.815. The zero-order valence-corrected chi connectivity index (χ0v) is 13.6. The van der Waals surface area contributed by atoms with Gasteiger partial charge in [0.25, 0.3) is 0 Å². The van der Waals surface area contributed by atoms with Crippen LogP contribution in [0.3, 0.4) is 0 Å². The van der Waals surface area contributed by atoms with E-state index in [0.29, 0.717) is 6.61 Å². The highest BCUT2D eigenvalue weighted by atomic mass is 16.5. The number of rotatable bonds is 6. The average Bonchev–Trinajstić information content (AvgIpc) is 3.30. The van der Waals surface area contributed by atoms with Crippen LogP contribution >= 0.6 is 0 Å². The molecule has 0 amide bonds. The molecule has 0 N–H and O–H groups in total. The maximum absolute atomic E-state index is 5.47. The van der Waals surface area contributed by atoms with E-state index in [2.05, 4.69) is 30.9 Å². The van der Waals surface area contributed by atoms with Crippen LogP contribution in [0.15, 0.2) is 24.5 Å². The lowest BCUT2D eigenvalue weighted by Crippen LogP contribution is -2.38. The van der Waals surface area contributed by atoms with Crippen molar-refractivity contribution in [3.8, 4) is 0 Å². The summed E-state index contributed by atoms with van der Waals surface area (Å²) < 4.78 is 7.61. The van der Waals surface area contributed by atoms with Crippen molar-refractivity contribution in [2.45, 2.75) is 38.4 Å². The molecule has 3 heterocycles. The largest absolute Gasteiger partial charge is 0.383 e. The molecule has 6 nitrogen and oxygen atoms in total. The van der Waals surface area contributed by atoms with E-state index in [1.54, 1.807) is 7.11 Å². The molecule has 2 aliphatic rings. The zero-order valence-electron chi connectivity index (χ0n) is 13.6. The smallest absolute Gasteiger partial charge is 0.105 e. The molecular formula is C17H23N5O. The van der Waals surface area contributed by atoms with Gasteiger partial charge in [0, 0.05) is 45.6 Å². The predicted molar refractivity (Wildman–Crippen MR) is 85.7 cm³/mol. The second kappa shape index (κ2) is 6.37. The third-order valence-electron chi connectivity index (χ3n) is 4.82. The Hall–Kier alpha value is -1.79. The summed E-state index contributed by atoms with van der Waals surface area (Å²) in [4.78, 5) is 6.65. The predicted octanol–water partition coefficient (Wildman–Crippen LogP) is 1.83. The van der Waals surface area contributed by atoms with Crippen molar-refractivity contribution in [1.82, 2.24) is 24.9 Å². The van der Waals surface area contributed by atoms with Crippen LogP contribution in [0.5, 0.6) is 0 Å². The number of fused-ring (bicyclic) bond motifs is 1. The van der Waals surface area contributed by atoms with Crippen LogP contribution in [0.2, 0.25) is 0 Å². The number of pyridine rings is 1. The second-order valence-electron chi connectivity index (χ2n) is 6.60. The first-order valence-electron chi connectivity index (χ1n) is 8.39. The van der Waals surface area contributed by atoms with Crippen molar-refractivity contribution in [3.05, 3.63) is 41.5 Å². The number of methoxy groups -OCH3 is 1. The molecule has 6 heteroatoms. The number of nitrogens with zero attached hydrogens (tertiary/aromatic N) is 5. The lowest BCUT2D eigenvalue weighted by molar-refractivity contribution is 0.0748. The van der Waals surface area contributed by atoms with Gasteiger partial charge in [-0.25, -0.2) is 4.68 Å². The van der Waals surface area contributed by atoms with Gasteiger partial charge in [0.2, 0.25) is 0 Å². The van der Waals surface area contributed by atoms with E-state index in [0.717, 1.165) is 37.7 Å². The number of hydrogen-bond acceptors (Lipinski definition) is 5. The summed E-state index contributed by atoms with van der Waals surface area (Å²) in [6.07, 6.45) is 7.43. The van der Waals surface area contributed by atoms with Crippen molar-refractivity contribution in [2.75, 3.05) is 20.3 Å². The van der Waals surface area contributed by atoms with Crippen LogP contribution < -0.4 is 0 Å². The van der Waals surface area contributed by atoms with Gasteiger partial charge in [-0.3, -0.25) is 9.88 Å². The van der Waals surface area contributed by atoms with Gasteiger partial charge in [0.05, 0.1) is 18.3 Å². The maximum atomic E-state index is 5.47. The number of hydrogen-bond donors (Lipinski definition) is 0. The Morgan fingerprint density at radius 3 is 3.00 bits per heavy atom. The molecule has 1 atom stereocenters. The second-order valence-corrected chi connectivity index (χ2v) is 6.60. The molecule has 2 aromatic rings. The molecule has 122 valence electrons. The molecule has 1 saturated carbocycles. The van der Waals surface area contributed by atoms with E-state index in [4.69, 9.17) is 4.74 Å². The Morgan fingerprint density at radius 1 is 1.35 bits per heavy atom. The van der Waals surface area contributed by atoms with Crippen LogP contribution in [-0.2, 0) is 24.2 Å². The SMILES string of the molecule is COC[C@H]1c2nnn(CC3CC3)c2CCN1Cc1cccnc1. The Morgan fingerprint density at radius 2 is 2.26 bits per heavy atom. The summed E-state index contributed by atoms with van der Waals surface area (Å²) in [5, 5.41) is 8.93. The van der Waals surface area contributed by atoms with E-state index < -0.39 is 0 Å². The van der Waals surface area contributed by atoms with Crippen molar-refractivity contribution < 1.29 is 4.74 Å². The number of aromatic nitrogens is 4. The van der Waals surface area contributed by atoms with Crippen molar-refractivity contribution >= 4 is 0 Å². The topological polar surface area (TPSA) is 56.1 Å². The lowest BCUT2D eigenvalue weighted by Gasteiger charge is -2.34. The third kappa shape index (κ3) is 3.14. The fourth-order valence-electron chi connectivity index (χ4n) is 3.39. The molecule has 0 radical (unpaired) electrons. The number of ether oxygens (including phenoxy) is 1. The standard InChI is InChI=1S/C17H23N5O/c1-23-12-16-17-15(22(20-19-17)11-13-4-5-13)6-8-21(16)10-14-3-2-7-18-9-14/h2-3,7,9,13,16H,4-6,8,10-12H2,1H3/t16-/m0/s1. The molecule has 0 unspecified atom stereocenters. The quantitative estimate of drug-likeness (QED) is 0.814. The minimum atomic E-state index is 0.178. The molecule has 1 aliphatic carbocycles. The highest BCUT2D eigenvalue weighted by molar-refractivity contribution is 5.20. The van der Waals surface area contributed by atoms with Gasteiger partial charge in [-0.2, -0.15) is 0 Å². The summed E-state index contributed by atoms with van der Waals surface area (Å²) >= 11 is 0. The molecule has 4 rings (SSSR count). The Balaban J connectivity index is 1.56. The van der Waals surface area contributed by atoms with Gasteiger partial charge in [-0.15, -0.1) is 5.10 Å². The average molecular weight is 313 g/mol. The van der Waals surface area contributed by atoms with Crippen molar-refractivity contribution in [1.29, 1.82) is 0 Å². The first-order chi connectivity index (χ1) is 11.3. The fraction of sp³-hybridized carbons (Fsp3) is 0.588. The zero-order chi connectivity index (χ0) is 15.6. The van der Waals surface area contributed by atoms with E-state index >= 15 is 0 Å². The molecule has 0 saturated heterocycles. The van der Waals surface area contributed by atoms with Crippen molar-refractivity contribution in [2.24, 2.45) is 5.92 Å². The molecule has 2 aromatic heterocycles. The highest BCUT2D eigenvalue weighted by Gasteiger charge is 2.33. The summed E-state index contributed by atoms with van der Waals surface area (Å²) in [6.45, 7) is 3.56. The van der Waals surface area contributed by atoms with Crippen LogP contribution in [0.25, 0.3) is 0 Å². The fourth-order valence-corrected chi connectivity index (χ4v) is 3.39. The monoisotopic (exact) mass is 313 g/mol. The molecule has 0 aromatic carbocycles. The van der Waals surface area contributed by atoms with Gasteiger partial charge in [-0.05, 0) is 30.4 Å². The van der Waals surface area contributed by atoms with Gasteiger partial charge >= 0.3 is 0 Å². The van der Waals surface area contributed by atoms with Crippen LogP contribution in [-0.4, -0.2) is 45.1 Å². The molecule has 1 fully saturated rings. The Labute approximate surface area is 136 Å². The molecular weight excluding hydrogens is 290 g/mol. The van der Waals surface area contributed by atoms with Gasteiger partial charge in [-0.1, -0.05) is 11.3 Å². The van der Waals surface area contributed by atoms with E-state index in [1.807, 2.05) is 18.5 Å². The Bertz CT molecular complexity index is 652. The molecule has 0 spiro atoms. The van der Waals surface area contributed by atoms with Crippen LogP contribution in [0, 0.1) is 5.92 Å². The highest BCUT2D eigenvalue weighted by Crippen LogP contribution is 2.34. The Kier molecular flexibility index (Phi) is 4.10. The first kappa shape index (κ1) is 14.8. The van der Waals surface area contributed by atoms with E-state index in [-0.39, 0.29) is 6.04 Å². The van der Waals surface area contributed by atoms with E-state index in [1.165, 1.54) is 24.1 Å². The summed E-state index contributed by atoms with van der Waals surface area (Å²) in [6, 6.07) is 4.29. The normalized spacial score (nSPS) is 21.3.